The van der Waals surface area contributed by atoms with E-state index in [1.807, 2.05) is 18.7 Å². The summed E-state index contributed by atoms with van der Waals surface area (Å²) in [7, 11) is 2.01. The summed E-state index contributed by atoms with van der Waals surface area (Å²) >= 11 is 3.62. The largest absolute Gasteiger partial charge is 0.310 e. The van der Waals surface area contributed by atoms with Crippen molar-refractivity contribution in [3.8, 4) is 0 Å². The van der Waals surface area contributed by atoms with E-state index < -0.39 is 0 Å². The fourth-order valence-corrected chi connectivity index (χ4v) is 2.84. The van der Waals surface area contributed by atoms with Crippen molar-refractivity contribution in [3.05, 3.63) is 51.3 Å². The highest BCUT2D eigenvalue weighted by molar-refractivity contribution is 9.10. The molecule has 0 amide bonds. The average molecular weight is 336 g/mol. The third-order valence-corrected chi connectivity index (χ3v) is 4.42. The SMILES string of the molecule is CCNC(Cc1cc(C)nn1C)c1ccc(C)c(Br)c1. The number of benzene rings is 1. The van der Waals surface area contributed by atoms with Gasteiger partial charge in [0.05, 0.1) is 5.69 Å². The molecule has 0 saturated heterocycles. The van der Waals surface area contributed by atoms with E-state index in [0.29, 0.717) is 6.04 Å². The second-order valence-electron chi connectivity index (χ2n) is 5.22. The van der Waals surface area contributed by atoms with Gasteiger partial charge in [0.25, 0.3) is 0 Å². The second kappa shape index (κ2) is 6.55. The first-order valence-electron chi connectivity index (χ1n) is 7.00. The highest BCUT2D eigenvalue weighted by atomic mass is 79.9. The molecule has 4 heteroatoms. The molecule has 2 aromatic rings. The van der Waals surface area contributed by atoms with Crippen LogP contribution in [0.1, 0.15) is 35.5 Å². The Labute approximate surface area is 129 Å². The van der Waals surface area contributed by atoms with Gasteiger partial charge in [0, 0.05) is 29.7 Å². The fourth-order valence-electron chi connectivity index (χ4n) is 2.44. The molecule has 1 aromatic carbocycles. The summed E-state index contributed by atoms with van der Waals surface area (Å²) in [6, 6.07) is 9.06. The molecule has 1 N–H and O–H groups in total. The van der Waals surface area contributed by atoms with E-state index in [4.69, 9.17) is 0 Å². The van der Waals surface area contributed by atoms with Crippen LogP contribution >= 0.6 is 15.9 Å². The lowest BCUT2D eigenvalue weighted by atomic mass is 10.0. The molecule has 1 unspecified atom stereocenters. The number of hydrogen-bond donors (Lipinski definition) is 1. The molecule has 0 spiro atoms. The molecule has 2 rings (SSSR count). The van der Waals surface area contributed by atoms with Crippen molar-refractivity contribution in [2.45, 2.75) is 33.2 Å². The lowest BCUT2D eigenvalue weighted by Gasteiger charge is -2.19. The van der Waals surface area contributed by atoms with Gasteiger partial charge in [-0.1, -0.05) is 35.0 Å². The van der Waals surface area contributed by atoms with Crippen LogP contribution in [-0.4, -0.2) is 16.3 Å². The third-order valence-electron chi connectivity index (χ3n) is 3.56. The van der Waals surface area contributed by atoms with E-state index >= 15 is 0 Å². The molecule has 1 aromatic heterocycles. The Morgan fingerprint density at radius 3 is 2.60 bits per heavy atom. The summed E-state index contributed by atoms with van der Waals surface area (Å²) in [5.74, 6) is 0. The summed E-state index contributed by atoms with van der Waals surface area (Å²) in [5, 5.41) is 8.00. The summed E-state index contributed by atoms with van der Waals surface area (Å²) in [6.45, 7) is 7.24. The molecule has 3 nitrogen and oxygen atoms in total. The van der Waals surface area contributed by atoms with Crippen LogP contribution in [0.25, 0.3) is 0 Å². The standard InChI is InChI=1S/C16H22BrN3/c1-5-18-16(10-14-8-12(3)19-20(14)4)13-7-6-11(2)15(17)9-13/h6-9,16,18H,5,10H2,1-4H3. The quantitative estimate of drug-likeness (QED) is 0.902. The number of aryl methyl sites for hydroxylation is 3. The minimum Gasteiger partial charge on any atom is -0.310 e. The van der Waals surface area contributed by atoms with Gasteiger partial charge in [-0.3, -0.25) is 4.68 Å². The molecular weight excluding hydrogens is 314 g/mol. The normalized spacial score (nSPS) is 12.7. The minimum absolute atomic E-state index is 0.312. The van der Waals surface area contributed by atoms with Crippen LogP contribution in [0.15, 0.2) is 28.7 Å². The minimum atomic E-state index is 0.312. The number of nitrogens with one attached hydrogen (secondary N) is 1. The van der Waals surface area contributed by atoms with E-state index in [2.05, 4.69) is 64.5 Å². The maximum Gasteiger partial charge on any atom is 0.0596 e. The molecule has 0 bridgehead atoms. The summed E-state index contributed by atoms with van der Waals surface area (Å²) in [4.78, 5) is 0. The van der Waals surface area contributed by atoms with E-state index in [0.717, 1.165) is 18.7 Å². The van der Waals surface area contributed by atoms with Crippen molar-refractivity contribution in [3.63, 3.8) is 0 Å². The van der Waals surface area contributed by atoms with Gasteiger partial charge in [-0.25, -0.2) is 0 Å². The van der Waals surface area contributed by atoms with Crippen molar-refractivity contribution < 1.29 is 0 Å². The third kappa shape index (κ3) is 3.49. The topological polar surface area (TPSA) is 29.9 Å². The zero-order valence-electron chi connectivity index (χ0n) is 12.6. The van der Waals surface area contributed by atoms with Crippen LogP contribution in [0, 0.1) is 13.8 Å². The Hall–Kier alpha value is -1.13. The molecule has 0 aliphatic heterocycles. The monoisotopic (exact) mass is 335 g/mol. The Kier molecular flexibility index (Phi) is 5.00. The smallest absolute Gasteiger partial charge is 0.0596 e. The zero-order chi connectivity index (χ0) is 14.7. The summed E-state index contributed by atoms with van der Waals surface area (Å²) < 4.78 is 3.14. The van der Waals surface area contributed by atoms with Gasteiger partial charge in [0.15, 0.2) is 0 Å². The van der Waals surface area contributed by atoms with Crippen LogP contribution in [0.4, 0.5) is 0 Å². The van der Waals surface area contributed by atoms with Crippen LogP contribution in [0.5, 0.6) is 0 Å². The van der Waals surface area contributed by atoms with Crippen LogP contribution in [-0.2, 0) is 13.5 Å². The van der Waals surface area contributed by atoms with Gasteiger partial charge in [0.1, 0.15) is 0 Å². The number of nitrogens with zero attached hydrogens (tertiary/aromatic N) is 2. The van der Waals surface area contributed by atoms with Crippen LogP contribution in [0.2, 0.25) is 0 Å². The van der Waals surface area contributed by atoms with E-state index in [9.17, 15) is 0 Å². The predicted octanol–water partition coefficient (Wildman–Crippen LogP) is 3.69. The molecule has 1 heterocycles. The molecule has 0 fully saturated rings. The van der Waals surface area contributed by atoms with Gasteiger partial charge in [-0.2, -0.15) is 5.10 Å². The van der Waals surface area contributed by atoms with Gasteiger partial charge in [-0.15, -0.1) is 0 Å². The number of halogens is 1. The van der Waals surface area contributed by atoms with Crippen LogP contribution in [0.3, 0.4) is 0 Å². The molecular formula is C16H22BrN3. The van der Waals surface area contributed by atoms with Crippen molar-refractivity contribution in [2.75, 3.05) is 6.54 Å². The molecule has 20 heavy (non-hydrogen) atoms. The first kappa shape index (κ1) is 15.3. The Morgan fingerprint density at radius 1 is 1.30 bits per heavy atom. The zero-order valence-corrected chi connectivity index (χ0v) is 14.2. The summed E-state index contributed by atoms with van der Waals surface area (Å²) in [5.41, 5.74) is 4.90. The van der Waals surface area contributed by atoms with E-state index in [1.165, 1.54) is 21.3 Å². The van der Waals surface area contributed by atoms with Gasteiger partial charge in [0.2, 0.25) is 0 Å². The lowest BCUT2D eigenvalue weighted by molar-refractivity contribution is 0.528. The Morgan fingerprint density at radius 2 is 2.05 bits per heavy atom. The molecule has 0 aliphatic carbocycles. The average Bonchev–Trinajstić information content (AvgIpc) is 2.71. The predicted molar refractivity (Wildman–Crippen MR) is 86.9 cm³/mol. The van der Waals surface area contributed by atoms with E-state index in [1.54, 1.807) is 0 Å². The highest BCUT2D eigenvalue weighted by Crippen LogP contribution is 2.24. The number of rotatable bonds is 5. The summed E-state index contributed by atoms with van der Waals surface area (Å²) in [6.07, 6.45) is 0.945. The van der Waals surface area contributed by atoms with Crippen molar-refractivity contribution >= 4 is 15.9 Å². The first-order chi connectivity index (χ1) is 9.51. The first-order valence-corrected chi connectivity index (χ1v) is 7.79. The van der Waals surface area contributed by atoms with E-state index in [-0.39, 0.29) is 0 Å². The number of likely N-dealkylation sites (N-methyl/N-ethyl adjacent to an activating group) is 1. The van der Waals surface area contributed by atoms with Crippen molar-refractivity contribution in [2.24, 2.45) is 7.05 Å². The van der Waals surface area contributed by atoms with Crippen molar-refractivity contribution in [1.82, 2.24) is 15.1 Å². The fraction of sp³-hybridized carbons (Fsp3) is 0.438. The molecule has 0 saturated carbocycles. The Balaban J connectivity index is 2.26. The second-order valence-corrected chi connectivity index (χ2v) is 6.08. The molecule has 0 aliphatic rings. The van der Waals surface area contributed by atoms with Crippen molar-refractivity contribution in [1.29, 1.82) is 0 Å². The number of hydrogen-bond acceptors (Lipinski definition) is 2. The maximum atomic E-state index is 4.43. The van der Waals surface area contributed by atoms with Gasteiger partial charge >= 0.3 is 0 Å². The molecule has 0 radical (unpaired) electrons. The van der Waals surface area contributed by atoms with Gasteiger partial charge < -0.3 is 5.32 Å². The van der Waals surface area contributed by atoms with Gasteiger partial charge in [-0.05, 0) is 43.7 Å². The molecule has 108 valence electrons. The Bertz CT molecular complexity index is 589. The highest BCUT2D eigenvalue weighted by Gasteiger charge is 2.14. The van der Waals surface area contributed by atoms with Crippen LogP contribution < -0.4 is 5.32 Å². The molecule has 1 atom stereocenters. The maximum absolute atomic E-state index is 4.43. The lowest BCUT2D eigenvalue weighted by Crippen LogP contribution is -2.24. The number of aromatic nitrogens is 2.